The fraction of sp³-hybridized carbons (Fsp3) is 0.500. The van der Waals surface area contributed by atoms with Crippen LogP contribution in [0.2, 0.25) is 0 Å². The van der Waals surface area contributed by atoms with Crippen LogP contribution in [-0.2, 0) is 9.59 Å². The van der Waals surface area contributed by atoms with Crippen LogP contribution in [0.3, 0.4) is 0 Å². The smallest absolute Gasteiger partial charge is 0.249 e. The van der Waals surface area contributed by atoms with Crippen molar-refractivity contribution in [3.8, 4) is 0 Å². The van der Waals surface area contributed by atoms with Gasteiger partial charge in [0.1, 0.15) is 6.04 Å². The van der Waals surface area contributed by atoms with Gasteiger partial charge in [-0.2, -0.15) is 0 Å². The van der Waals surface area contributed by atoms with E-state index in [0.717, 1.165) is 17.7 Å². The number of aryl methyl sites for hydroxylation is 1. The Morgan fingerprint density at radius 3 is 2.71 bits per heavy atom. The Kier molecular flexibility index (Phi) is 4.96. The van der Waals surface area contributed by atoms with Gasteiger partial charge in [-0.1, -0.05) is 31.0 Å². The van der Waals surface area contributed by atoms with Crippen molar-refractivity contribution in [3.05, 3.63) is 29.8 Å². The molecule has 3 N–H and O–H groups in total. The highest BCUT2D eigenvalue weighted by molar-refractivity contribution is 6.01. The molecule has 2 amide bonds. The number of nitrogens with two attached hydrogens (primary N) is 1. The molecule has 1 saturated heterocycles. The first-order chi connectivity index (χ1) is 10.0. The average Bonchev–Trinajstić information content (AvgIpc) is 2.81. The lowest BCUT2D eigenvalue weighted by Gasteiger charge is -2.18. The molecule has 0 radical (unpaired) electrons. The maximum Gasteiger partial charge on any atom is 0.249 e. The number of nitrogens with one attached hydrogen (secondary N) is 1. The molecule has 1 heterocycles. The van der Waals surface area contributed by atoms with E-state index in [1.54, 1.807) is 4.90 Å². The summed E-state index contributed by atoms with van der Waals surface area (Å²) in [6.45, 7) is 4.61. The molecule has 0 aliphatic carbocycles. The molecular formula is C16H23N3O2. The Labute approximate surface area is 125 Å². The third-order valence-electron chi connectivity index (χ3n) is 3.80. The lowest BCUT2D eigenvalue weighted by atomic mass is 10.1. The second kappa shape index (κ2) is 6.72. The van der Waals surface area contributed by atoms with Crippen molar-refractivity contribution in [2.75, 3.05) is 11.4 Å². The number of hydrogen-bond donors (Lipinski definition) is 2. The van der Waals surface area contributed by atoms with Gasteiger partial charge in [-0.15, -0.1) is 0 Å². The largest absolute Gasteiger partial charge is 0.343 e. The number of benzene rings is 1. The number of anilines is 1. The number of carbonyl (C=O) groups is 2. The monoisotopic (exact) mass is 289 g/mol. The molecule has 0 bridgehead atoms. The van der Waals surface area contributed by atoms with Crippen LogP contribution in [0.25, 0.3) is 0 Å². The van der Waals surface area contributed by atoms with Gasteiger partial charge in [0.15, 0.2) is 0 Å². The number of nitrogens with zero attached hydrogens (tertiary/aromatic N) is 1. The third-order valence-corrected chi connectivity index (χ3v) is 3.80. The van der Waals surface area contributed by atoms with E-state index >= 15 is 0 Å². The fourth-order valence-corrected chi connectivity index (χ4v) is 2.52. The zero-order chi connectivity index (χ0) is 15.4. The van der Waals surface area contributed by atoms with Crippen molar-refractivity contribution in [1.29, 1.82) is 0 Å². The van der Waals surface area contributed by atoms with E-state index in [1.165, 1.54) is 0 Å². The molecule has 5 nitrogen and oxygen atoms in total. The van der Waals surface area contributed by atoms with Gasteiger partial charge in [-0.05, 0) is 31.9 Å². The molecule has 0 spiro atoms. The molecule has 1 fully saturated rings. The van der Waals surface area contributed by atoms with Gasteiger partial charge in [0.2, 0.25) is 11.8 Å². The Bertz CT molecular complexity index is 513. The molecule has 2 rings (SSSR count). The zero-order valence-corrected chi connectivity index (χ0v) is 12.6. The number of rotatable bonds is 5. The lowest BCUT2D eigenvalue weighted by molar-refractivity contribution is -0.127. The maximum absolute atomic E-state index is 12.4. The molecular weight excluding hydrogens is 266 g/mol. The van der Waals surface area contributed by atoms with Gasteiger partial charge < -0.3 is 16.0 Å². The Morgan fingerprint density at radius 1 is 1.43 bits per heavy atom. The number of hydrogen-bond acceptors (Lipinski definition) is 3. The first-order valence-electron chi connectivity index (χ1n) is 7.47. The van der Waals surface area contributed by atoms with Crippen LogP contribution in [0.1, 0.15) is 31.7 Å². The van der Waals surface area contributed by atoms with Crippen molar-refractivity contribution < 1.29 is 9.59 Å². The molecule has 0 saturated carbocycles. The minimum Gasteiger partial charge on any atom is -0.343 e. The highest BCUT2D eigenvalue weighted by atomic mass is 16.2. The molecule has 2 atom stereocenters. The summed E-state index contributed by atoms with van der Waals surface area (Å²) < 4.78 is 0. The highest BCUT2D eigenvalue weighted by Gasteiger charge is 2.34. The van der Waals surface area contributed by atoms with E-state index in [-0.39, 0.29) is 11.8 Å². The topological polar surface area (TPSA) is 75.4 Å². The molecule has 0 aromatic heterocycles. The van der Waals surface area contributed by atoms with Gasteiger partial charge >= 0.3 is 0 Å². The van der Waals surface area contributed by atoms with Crippen LogP contribution in [0.4, 0.5) is 5.69 Å². The molecule has 1 aliphatic rings. The minimum absolute atomic E-state index is 0.0594. The van der Waals surface area contributed by atoms with Crippen LogP contribution in [-0.4, -0.2) is 30.4 Å². The average molecular weight is 289 g/mol. The Hall–Kier alpha value is -1.88. The highest BCUT2D eigenvalue weighted by Crippen LogP contribution is 2.22. The second-order valence-corrected chi connectivity index (χ2v) is 5.57. The predicted octanol–water partition coefficient (Wildman–Crippen LogP) is 1.34. The van der Waals surface area contributed by atoms with Gasteiger partial charge in [-0.3, -0.25) is 9.59 Å². The number of carbonyl (C=O) groups excluding carboxylic acids is 2. The third kappa shape index (κ3) is 3.61. The summed E-state index contributed by atoms with van der Waals surface area (Å²) in [4.78, 5) is 26.0. The van der Waals surface area contributed by atoms with Gasteiger partial charge in [-0.25, -0.2) is 0 Å². The van der Waals surface area contributed by atoms with E-state index in [9.17, 15) is 9.59 Å². The first kappa shape index (κ1) is 15.5. The van der Waals surface area contributed by atoms with E-state index in [4.69, 9.17) is 5.73 Å². The van der Waals surface area contributed by atoms with Crippen LogP contribution in [0.15, 0.2) is 24.3 Å². The molecule has 2 unspecified atom stereocenters. The Balaban J connectivity index is 1.98. The van der Waals surface area contributed by atoms with E-state index in [0.29, 0.717) is 19.4 Å². The van der Waals surface area contributed by atoms with E-state index < -0.39 is 12.1 Å². The standard InChI is InChI=1S/C16H23N3O2/c1-3-4-13(17)15(20)18-14-9-10-19(16(14)21)12-7-5-11(2)6-8-12/h5-8,13-14H,3-4,9-10,17H2,1-2H3,(H,18,20). The van der Waals surface area contributed by atoms with Gasteiger partial charge in [0, 0.05) is 12.2 Å². The molecule has 1 aromatic rings. The molecule has 1 aromatic carbocycles. The van der Waals surface area contributed by atoms with E-state index in [2.05, 4.69) is 5.32 Å². The summed E-state index contributed by atoms with van der Waals surface area (Å²) in [5.74, 6) is -0.295. The van der Waals surface area contributed by atoms with Crippen molar-refractivity contribution in [2.24, 2.45) is 5.73 Å². The van der Waals surface area contributed by atoms with Crippen LogP contribution >= 0.6 is 0 Å². The molecule has 5 heteroatoms. The Morgan fingerprint density at radius 2 is 2.10 bits per heavy atom. The van der Waals surface area contributed by atoms with Crippen molar-refractivity contribution in [1.82, 2.24) is 5.32 Å². The minimum atomic E-state index is -0.531. The SMILES string of the molecule is CCCC(N)C(=O)NC1CCN(c2ccc(C)cc2)C1=O. The summed E-state index contributed by atoms with van der Waals surface area (Å²) in [7, 11) is 0. The molecule has 114 valence electrons. The normalized spacial score (nSPS) is 19.7. The van der Waals surface area contributed by atoms with Gasteiger partial charge in [0.25, 0.3) is 0 Å². The fourth-order valence-electron chi connectivity index (χ4n) is 2.52. The van der Waals surface area contributed by atoms with Crippen molar-refractivity contribution >= 4 is 17.5 Å². The summed E-state index contributed by atoms with van der Waals surface area (Å²) in [6, 6.07) is 6.83. The van der Waals surface area contributed by atoms with Crippen molar-refractivity contribution in [2.45, 2.75) is 45.2 Å². The summed E-state index contributed by atoms with van der Waals surface area (Å²) in [6.07, 6.45) is 2.11. The summed E-state index contributed by atoms with van der Waals surface area (Å²) in [5, 5.41) is 2.77. The molecule has 21 heavy (non-hydrogen) atoms. The predicted molar refractivity (Wildman–Crippen MR) is 83.0 cm³/mol. The maximum atomic E-state index is 12.4. The molecule has 1 aliphatic heterocycles. The quantitative estimate of drug-likeness (QED) is 0.859. The summed E-state index contributed by atoms with van der Waals surface area (Å²) >= 11 is 0. The van der Waals surface area contributed by atoms with Crippen LogP contribution < -0.4 is 16.0 Å². The van der Waals surface area contributed by atoms with Gasteiger partial charge in [0.05, 0.1) is 6.04 Å². The van der Waals surface area contributed by atoms with Crippen LogP contribution in [0.5, 0.6) is 0 Å². The lowest BCUT2D eigenvalue weighted by Crippen LogP contribution is -2.48. The van der Waals surface area contributed by atoms with Crippen molar-refractivity contribution in [3.63, 3.8) is 0 Å². The first-order valence-corrected chi connectivity index (χ1v) is 7.47. The second-order valence-electron chi connectivity index (χ2n) is 5.57. The number of amides is 2. The van der Waals surface area contributed by atoms with Crippen LogP contribution in [0, 0.1) is 6.92 Å². The summed E-state index contributed by atoms with van der Waals surface area (Å²) in [5.41, 5.74) is 7.81. The van der Waals surface area contributed by atoms with E-state index in [1.807, 2.05) is 38.1 Å². The zero-order valence-electron chi connectivity index (χ0n) is 12.6.